The third-order valence-electron chi connectivity index (χ3n) is 2.92. The maximum atomic E-state index is 12.4. The van der Waals surface area contributed by atoms with Crippen LogP contribution in [-0.2, 0) is 10.1 Å². The maximum Gasteiger partial charge on any atom is 0.340 e. The van der Waals surface area contributed by atoms with Crippen molar-refractivity contribution in [2.45, 2.75) is 11.8 Å². The summed E-state index contributed by atoms with van der Waals surface area (Å²) in [6.07, 6.45) is 0. The number of hydrogen-bond acceptors (Lipinski definition) is 5. The van der Waals surface area contributed by atoms with Crippen molar-refractivity contribution in [2.24, 2.45) is 0 Å². The molecule has 0 spiro atoms. The molecule has 0 saturated heterocycles. The van der Waals surface area contributed by atoms with E-state index < -0.39 is 10.1 Å². The quantitative estimate of drug-likeness (QED) is 0.584. The summed E-state index contributed by atoms with van der Waals surface area (Å²) < 4.78 is 34.7. The van der Waals surface area contributed by atoms with Gasteiger partial charge in [0.05, 0.1) is 17.2 Å². The molecule has 0 atom stereocenters. The van der Waals surface area contributed by atoms with Gasteiger partial charge < -0.3 is 8.92 Å². The monoisotopic (exact) mass is 374 g/mol. The summed E-state index contributed by atoms with van der Waals surface area (Å²) in [4.78, 5) is 11.1. The second-order valence-corrected chi connectivity index (χ2v) is 6.87. The Morgan fingerprint density at radius 1 is 1.09 bits per heavy atom. The molecule has 0 aromatic heterocycles. The van der Waals surface area contributed by atoms with Gasteiger partial charge in [-0.1, -0.05) is 35.3 Å². The van der Waals surface area contributed by atoms with Gasteiger partial charge in [0, 0.05) is 11.6 Å². The molecule has 0 unspecified atom stereocenters. The summed E-state index contributed by atoms with van der Waals surface area (Å²) in [5.41, 5.74) is 0.330. The molecule has 5 nitrogen and oxygen atoms in total. The zero-order valence-electron chi connectivity index (χ0n) is 12.2. The lowest BCUT2D eigenvalue weighted by atomic mass is 10.1. The van der Waals surface area contributed by atoms with E-state index in [0.717, 1.165) is 6.07 Å². The standard InChI is InChI=1S/C15H12Cl2O5S/c1-9(18)10-4-3-5-11(6-10)22-23(19,20)15-8-12(16)14(21-2)7-13(15)17/h3-8H,1-2H3. The molecule has 8 heteroatoms. The van der Waals surface area contributed by atoms with Gasteiger partial charge in [-0.15, -0.1) is 0 Å². The van der Waals surface area contributed by atoms with Gasteiger partial charge in [-0.25, -0.2) is 0 Å². The first-order valence-electron chi connectivity index (χ1n) is 6.33. The highest BCUT2D eigenvalue weighted by Crippen LogP contribution is 2.34. The van der Waals surface area contributed by atoms with Crippen LogP contribution in [0.1, 0.15) is 17.3 Å². The molecule has 23 heavy (non-hydrogen) atoms. The Morgan fingerprint density at radius 2 is 1.78 bits per heavy atom. The predicted octanol–water partition coefficient (Wildman–Crippen LogP) is 3.97. The van der Waals surface area contributed by atoms with Gasteiger partial charge in [0.2, 0.25) is 0 Å². The summed E-state index contributed by atoms with van der Waals surface area (Å²) in [6, 6.07) is 8.25. The van der Waals surface area contributed by atoms with Crippen LogP contribution in [0.2, 0.25) is 10.0 Å². The predicted molar refractivity (Wildman–Crippen MR) is 87.3 cm³/mol. The number of carbonyl (C=O) groups is 1. The number of ether oxygens (including phenoxy) is 1. The highest BCUT2D eigenvalue weighted by molar-refractivity contribution is 7.87. The van der Waals surface area contributed by atoms with Crippen molar-refractivity contribution in [2.75, 3.05) is 7.11 Å². The number of methoxy groups -OCH3 is 1. The summed E-state index contributed by atoms with van der Waals surface area (Å²) in [6.45, 7) is 1.37. The van der Waals surface area contributed by atoms with Crippen molar-refractivity contribution in [3.8, 4) is 11.5 Å². The Morgan fingerprint density at radius 3 is 2.39 bits per heavy atom. The van der Waals surface area contributed by atoms with Crippen LogP contribution in [0.25, 0.3) is 0 Å². The number of hydrogen-bond donors (Lipinski definition) is 0. The first-order chi connectivity index (χ1) is 10.7. The number of halogens is 2. The lowest BCUT2D eigenvalue weighted by Crippen LogP contribution is -2.11. The molecule has 0 saturated carbocycles. The normalized spacial score (nSPS) is 11.1. The van der Waals surface area contributed by atoms with Gasteiger partial charge in [0.15, 0.2) is 5.78 Å². The number of benzene rings is 2. The van der Waals surface area contributed by atoms with Gasteiger partial charge in [0.25, 0.3) is 0 Å². The largest absolute Gasteiger partial charge is 0.495 e. The fraction of sp³-hybridized carbons (Fsp3) is 0.133. The van der Waals surface area contributed by atoms with Crippen molar-refractivity contribution in [3.63, 3.8) is 0 Å². The number of ketones is 1. The molecule has 2 rings (SSSR count). The third kappa shape index (κ3) is 3.96. The van der Waals surface area contributed by atoms with Gasteiger partial charge in [-0.3, -0.25) is 4.79 Å². The second-order valence-electron chi connectivity index (χ2n) is 4.54. The highest BCUT2D eigenvalue weighted by atomic mass is 35.5. The Labute approximate surface area is 143 Å². The van der Waals surface area contributed by atoms with E-state index in [4.69, 9.17) is 32.1 Å². The molecule has 0 aliphatic heterocycles. The maximum absolute atomic E-state index is 12.4. The summed E-state index contributed by atoms with van der Waals surface area (Å²) in [5.74, 6) is 0.0354. The molecular weight excluding hydrogens is 363 g/mol. The second kappa shape index (κ2) is 6.78. The van der Waals surface area contributed by atoms with Crippen LogP contribution in [0.4, 0.5) is 0 Å². The Bertz CT molecular complexity index is 862. The van der Waals surface area contributed by atoms with Crippen LogP contribution in [0, 0.1) is 0 Å². The van der Waals surface area contributed by atoms with Crippen LogP contribution in [0.15, 0.2) is 41.3 Å². The van der Waals surface area contributed by atoms with E-state index in [1.165, 1.54) is 38.3 Å². The zero-order chi connectivity index (χ0) is 17.2. The smallest absolute Gasteiger partial charge is 0.340 e. The Balaban J connectivity index is 2.42. The van der Waals surface area contributed by atoms with Gasteiger partial charge >= 0.3 is 10.1 Å². The Hall–Kier alpha value is -1.76. The molecule has 0 bridgehead atoms. The van der Waals surface area contributed by atoms with Crippen LogP contribution in [0.3, 0.4) is 0 Å². The third-order valence-corrected chi connectivity index (χ3v) is 4.93. The van der Waals surface area contributed by atoms with Crippen molar-refractivity contribution in [1.29, 1.82) is 0 Å². The lowest BCUT2D eigenvalue weighted by Gasteiger charge is -2.11. The average molecular weight is 375 g/mol. The van der Waals surface area contributed by atoms with Crippen molar-refractivity contribution in [1.82, 2.24) is 0 Å². The van der Waals surface area contributed by atoms with Gasteiger partial charge in [-0.05, 0) is 25.1 Å². The van der Waals surface area contributed by atoms with E-state index in [2.05, 4.69) is 0 Å². The minimum Gasteiger partial charge on any atom is -0.495 e. The molecule has 2 aromatic carbocycles. The van der Waals surface area contributed by atoms with Gasteiger partial charge in [-0.2, -0.15) is 8.42 Å². The van der Waals surface area contributed by atoms with E-state index >= 15 is 0 Å². The fourth-order valence-corrected chi connectivity index (χ4v) is 3.55. The molecule has 0 aliphatic carbocycles. The minimum atomic E-state index is -4.22. The van der Waals surface area contributed by atoms with Crippen LogP contribution >= 0.6 is 23.2 Å². The molecular formula is C15H12Cl2O5S. The minimum absolute atomic E-state index is 0.000655. The van der Waals surface area contributed by atoms with E-state index in [0.29, 0.717) is 5.56 Å². The molecule has 2 aromatic rings. The lowest BCUT2D eigenvalue weighted by molar-refractivity contribution is 0.101. The van der Waals surface area contributed by atoms with Crippen molar-refractivity contribution < 1.29 is 22.1 Å². The van der Waals surface area contributed by atoms with Gasteiger partial charge in [0.1, 0.15) is 16.4 Å². The first kappa shape index (κ1) is 17.6. The average Bonchev–Trinajstić information content (AvgIpc) is 2.48. The first-order valence-corrected chi connectivity index (χ1v) is 8.49. The summed E-state index contributed by atoms with van der Waals surface area (Å²) in [5, 5.41) is -0.00876. The topological polar surface area (TPSA) is 69.7 Å². The van der Waals surface area contributed by atoms with E-state index in [9.17, 15) is 13.2 Å². The SMILES string of the molecule is COc1cc(Cl)c(S(=O)(=O)Oc2cccc(C(C)=O)c2)cc1Cl. The van der Waals surface area contributed by atoms with Crippen LogP contribution in [-0.4, -0.2) is 21.3 Å². The highest BCUT2D eigenvalue weighted by Gasteiger charge is 2.23. The number of carbonyl (C=O) groups excluding carboxylic acids is 1. The molecule has 0 heterocycles. The Kier molecular flexibility index (Phi) is 5.19. The summed E-state index contributed by atoms with van der Waals surface area (Å²) in [7, 11) is -2.83. The molecule has 0 amide bonds. The van der Waals surface area contributed by atoms with E-state index in [-0.39, 0.29) is 32.2 Å². The van der Waals surface area contributed by atoms with Crippen molar-refractivity contribution in [3.05, 3.63) is 52.0 Å². The zero-order valence-corrected chi connectivity index (χ0v) is 14.5. The molecule has 0 aliphatic rings. The van der Waals surface area contributed by atoms with E-state index in [1.54, 1.807) is 6.07 Å². The van der Waals surface area contributed by atoms with E-state index in [1.807, 2.05) is 0 Å². The fourth-order valence-electron chi connectivity index (χ4n) is 1.80. The number of Topliss-reactive ketones (excluding diaryl/α,β-unsaturated/α-hetero) is 1. The molecule has 122 valence electrons. The van der Waals surface area contributed by atoms with Crippen molar-refractivity contribution >= 4 is 39.1 Å². The number of rotatable bonds is 5. The molecule has 0 N–H and O–H groups in total. The summed E-state index contributed by atoms with van der Waals surface area (Å²) >= 11 is 11.9. The molecule has 0 fully saturated rings. The molecule has 0 radical (unpaired) electrons. The van der Waals surface area contributed by atoms with Crippen LogP contribution in [0.5, 0.6) is 11.5 Å². The van der Waals surface area contributed by atoms with Crippen LogP contribution < -0.4 is 8.92 Å².